The molecule has 118 valence electrons. The number of rotatable bonds is 5. The monoisotopic (exact) mass is 311 g/mol. The predicted molar refractivity (Wildman–Crippen MR) is 87.0 cm³/mol. The first-order chi connectivity index (χ1) is 11.1. The van der Waals surface area contributed by atoms with Gasteiger partial charge in [0.2, 0.25) is 0 Å². The maximum Gasteiger partial charge on any atom is 0.335 e. The number of nitrogens with zero attached hydrogens (tertiary/aromatic N) is 1. The molecule has 0 fully saturated rings. The fourth-order valence-electron chi connectivity index (χ4n) is 2.65. The summed E-state index contributed by atoms with van der Waals surface area (Å²) in [6, 6.07) is 13.6. The van der Waals surface area contributed by atoms with Crippen LogP contribution >= 0.6 is 0 Å². The number of hydrogen-bond acceptors (Lipinski definition) is 3. The maximum absolute atomic E-state index is 11.1. The van der Waals surface area contributed by atoms with Crippen LogP contribution in [0.5, 0.6) is 11.5 Å². The molecule has 23 heavy (non-hydrogen) atoms. The van der Waals surface area contributed by atoms with Gasteiger partial charge in [0, 0.05) is 17.4 Å². The molecule has 0 aliphatic rings. The molecule has 0 saturated heterocycles. The topological polar surface area (TPSA) is 71.7 Å². The number of fused-ring (bicyclic) bond motifs is 1. The molecular formula is C18H17NO4. The summed E-state index contributed by atoms with van der Waals surface area (Å²) in [5.74, 6) is -0.0683. The summed E-state index contributed by atoms with van der Waals surface area (Å²) < 4.78 is 7.85. The zero-order chi connectivity index (χ0) is 16.4. The van der Waals surface area contributed by atoms with Crippen molar-refractivity contribution in [2.45, 2.75) is 20.1 Å². The lowest BCUT2D eigenvalue weighted by Crippen LogP contribution is -2.04. The molecule has 0 atom stereocenters. The molecule has 0 unspecified atom stereocenters. The Morgan fingerprint density at radius 1 is 1.13 bits per heavy atom. The summed E-state index contributed by atoms with van der Waals surface area (Å²) in [5.41, 5.74) is 2.23. The first-order valence-corrected chi connectivity index (χ1v) is 7.35. The zero-order valence-electron chi connectivity index (χ0n) is 12.7. The van der Waals surface area contributed by atoms with Crippen LogP contribution < -0.4 is 4.74 Å². The Bertz CT molecular complexity index is 849. The molecule has 2 N–H and O–H groups in total. The van der Waals surface area contributed by atoms with E-state index in [1.165, 1.54) is 0 Å². The van der Waals surface area contributed by atoms with Gasteiger partial charge in [-0.2, -0.15) is 0 Å². The fraction of sp³-hybridized carbons (Fsp3) is 0.167. The summed E-state index contributed by atoms with van der Waals surface area (Å²) in [6.07, 6.45) is 0. The number of aryl methyl sites for hydroxylation is 1. The van der Waals surface area contributed by atoms with Crippen LogP contribution in [0.25, 0.3) is 10.9 Å². The number of phenols is 1. The van der Waals surface area contributed by atoms with Gasteiger partial charge >= 0.3 is 5.97 Å². The van der Waals surface area contributed by atoms with Crippen LogP contribution in [0.3, 0.4) is 0 Å². The number of carboxylic acids is 1. The molecule has 0 radical (unpaired) electrons. The zero-order valence-corrected chi connectivity index (χ0v) is 12.7. The maximum atomic E-state index is 11.1. The number of phenolic OH excluding ortho intramolecular Hbond substituents is 1. The van der Waals surface area contributed by atoms with E-state index >= 15 is 0 Å². The molecule has 1 heterocycles. The van der Waals surface area contributed by atoms with Crippen molar-refractivity contribution in [3.63, 3.8) is 0 Å². The molecule has 0 spiro atoms. The standard InChI is InChI=1S/C18H17NO4/c1-2-19-14(11-23-16-6-4-15(20)5-7-16)10-13-9-12(18(21)22)3-8-17(13)19/h3-10,20H,2,11H2,1H3,(H,21,22). The van der Waals surface area contributed by atoms with E-state index in [0.29, 0.717) is 12.4 Å². The Kier molecular flexibility index (Phi) is 3.93. The Morgan fingerprint density at radius 3 is 2.52 bits per heavy atom. The number of aromatic nitrogens is 1. The van der Waals surface area contributed by atoms with Crippen molar-refractivity contribution in [2.24, 2.45) is 0 Å². The van der Waals surface area contributed by atoms with Crippen LogP contribution in [0, 0.1) is 0 Å². The minimum Gasteiger partial charge on any atom is -0.508 e. The Morgan fingerprint density at radius 2 is 1.87 bits per heavy atom. The van der Waals surface area contributed by atoms with E-state index in [1.54, 1.807) is 36.4 Å². The van der Waals surface area contributed by atoms with Crippen LogP contribution in [0.4, 0.5) is 0 Å². The molecule has 5 nitrogen and oxygen atoms in total. The van der Waals surface area contributed by atoms with Gasteiger partial charge in [0.1, 0.15) is 18.1 Å². The van der Waals surface area contributed by atoms with Crippen molar-refractivity contribution in [1.29, 1.82) is 0 Å². The minimum absolute atomic E-state index is 0.196. The van der Waals surface area contributed by atoms with E-state index in [-0.39, 0.29) is 11.3 Å². The average Bonchev–Trinajstić information content (AvgIpc) is 2.90. The molecule has 1 aromatic heterocycles. The van der Waals surface area contributed by atoms with Crippen molar-refractivity contribution in [2.75, 3.05) is 0 Å². The second kappa shape index (κ2) is 6.04. The van der Waals surface area contributed by atoms with Gasteiger partial charge in [-0.15, -0.1) is 0 Å². The lowest BCUT2D eigenvalue weighted by atomic mass is 10.1. The smallest absolute Gasteiger partial charge is 0.335 e. The predicted octanol–water partition coefficient (Wildman–Crippen LogP) is 3.64. The lowest BCUT2D eigenvalue weighted by Gasteiger charge is -2.10. The van der Waals surface area contributed by atoms with Crippen LogP contribution in [-0.4, -0.2) is 20.7 Å². The van der Waals surface area contributed by atoms with E-state index in [2.05, 4.69) is 4.57 Å². The first-order valence-electron chi connectivity index (χ1n) is 7.35. The second-order valence-corrected chi connectivity index (χ2v) is 5.24. The number of aromatic carboxylic acids is 1. The van der Waals surface area contributed by atoms with Crippen LogP contribution in [0.2, 0.25) is 0 Å². The fourth-order valence-corrected chi connectivity index (χ4v) is 2.65. The summed E-state index contributed by atoms with van der Waals surface area (Å²) in [6.45, 7) is 3.18. The molecule has 3 rings (SSSR count). The van der Waals surface area contributed by atoms with Crippen LogP contribution in [-0.2, 0) is 13.2 Å². The molecule has 0 aliphatic carbocycles. The molecular weight excluding hydrogens is 294 g/mol. The molecule has 0 amide bonds. The average molecular weight is 311 g/mol. The third-order valence-corrected chi connectivity index (χ3v) is 3.77. The number of aromatic hydroxyl groups is 1. The van der Waals surface area contributed by atoms with Gasteiger partial charge < -0.3 is 19.5 Å². The summed E-state index contributed by atoms with van der Waals surface area (Å²) in [4.78, 5) is 11.1. The van der Waals surface area contributed by atoms with E-state index in [0.717, 1.165) is 23.1 Å². The van der Waals surface area contributed by atoms with Gasteiger partial charge in [-0.3, -0.25) is 0 Å². The molecule has 0 aliphatic heterocycles. The summed E-state index contributed by atoms with van der Waals surface area (Å²) >= 11 is 0. The largest absolute Gasteiger partial charge is 0.508 e. The van der Waals surface area contributed by atoms with Crippen LogP contribution in [0.15, 0.2) is 48.5 Å². The SMILES string of the molecule is CCn1c(COc2ccc(O)cc2)cc2cc(C(=O)O)ccc21. The van der Waals surface area contributed by atoms with E-state index in [1.807, 2.05) is 19.1 Å². The van der Waals surface area contributed by atoms with Gasteiger partial charge in [-0.05, 0) is 55.5 Å². The Labute approximate surface area is 133 Å². The van der Waals surface area contributed by atoms with Gasteiger partial charge in [-0.1, -0.05) is 0 Å². The molecule has 2 aromatic carbocycles. The highest BCUT2D eigenvalue weighted by atomic mass is 16.5. The quantitative estimate of drug-likeness (QED) is 0.754. The number of carbonyl (C=O) groups is 1. The van der Waals surface area contributed by atoms with Gasteiger partial charge in [0.15, 0.2) is 0 Å². The number of carboxylic acid groups (broad SMARTS) is 1. The Hall–Kier alpha value is -2.95. The van der Waals surface area contributed by atoms with Crippen LogP contribution in [0.1, 0.15) is 23.0 Å². The third kappa shape index (κ3) is 2.99. The highest BCUT2D eigenvalue weighted by Gasteiger charge is 2.11. The Balaban J connectivity index is 1.90. The normalized spacial score (nSPS) is 10.8. The number of hydrogen-bond donors (Lipinski definition) is 2. The van der Waals surface area contributed by atoms with Crippen molar-refractivity contribution >= 4 is 16.9 Å². The number of ether oxygens (including phenoxy) is 1. The third-order valence-electron chi connectivity index (χ3n) is 3.77. The molecule has 3 aromatic rings. The minimum atomic E-state index is -0.932. The van der Waals surface area contributed by atoms with Gasteiger partial charge in [-0.25, -0.2) is 4.79 Å². The first kappa shape index (κ1) is 15.0. The lowest BCUT2D eigenvalue weighted by molar-refractivity contribution is 0.0697. The molecule has 0 saturated carbocycles. The highest BCUT2D eigenvalue weighted by Crippen LogP contribution is 2.23. The highest BCUT2D eigenvalue weighted by molar-refractivity contribution is 5.94. The second-order valence-electron chi connectivity index (χ2n) is 5.24. The summed E-state index contributed by atoms with van der Waals surface area (Å²) in [5, 5.41) is 19.3. The van der Waals surface area contributed by atoms with Gasteiger partial charge in [0.25, 0.3) is 0 Å². The van der Waals surface area contributed by atoms with Gasteiger partial charge in [0.05, 0.1) is 11.3 Å². The molecule has 0 bridgehead atoms. The van der Waals surface area contributed by atoms with Crippen molar-refractivity contribution in [3.8, 4) is 11.5 Å². The number of benzene rings is 2. The van der Waals surface area contributed by atoms with Crippen molar-refractivity contribution in [1.82, 2.24) is 4.57 Å². The van der Waals surface area contributed by atoms with E-state index in [9.17, 15) is 9.90 Å². The van der Waals surface area contributed by atoms with E-state index in [4.69, 9.17) is 9.84 Å². The molecule has 5 heteroatoms. The van der Waals surface area contributed by atoms with E-state index < -0.39 is 5.97 Å². The van der Waals surface area contributed by atoms with Crippen molar-refractivity contribution < 1.29 is 19.7 Å². The summed E-state index contributed by atoms with van der Waals surface area (Å²) in [7, 11) is 0. The van der Waals surface area contributed by atoms with Crippen molar-refractivity contribution in [3.05, 3.63) is 59.8 Å².